The van der Waals surface area contributed by atoms with Crippen LogP contribution in [0.5, 0.6) is 0 Å². The maximum atomic E-state index is 13.1. The summed E-state index contributed by atoms with van der Waals surface area (Å²) in [5.41, 5.74) is -0.839. The van der Waals surface area contributed by atoms with Crippen LogP contribution >= 0.6 is 0 Å². The molecule has 2 heterocycles. The molecule has 0 atom stereocenters. The van der Waals surface area contributed by atoms with Gasteiger partial charge in [0, 0.05) is 12.4 Å². The molecule has 0 saturated carbocycles. The number of fused-ring (bicyclic) bond motifs is 1. The summed E-state index contributed by atoms with van der Waals surface area (Å²) in [4.78, 5) is 11.1. The van der Waals surface area contributed by atoms with Crippen molar-refractivity contribution in [2.75, 3.05) is 0 Å². The molecule has 114 valence electrons. The molecule has 3 aromatic rings. The van der Waals surface area contributed by atoms with Crippen molar-refractivity contribution < 1.29 is 27.6 Å². The molecule has 0 aliphatic carbocycles. The first-order chi connectivity index (χ1) is 10.3. The number of carboxylic acids is 1. The summed E-state index contributed by atoms with van der Waals surface area (Å²) in [6.45, 7) is 0. The van der Waals surface area contributed by atoms with E-state index in [2.05, 4.69) is 5.16 Å². The van der Waals surface area contributed by atoms with Crippen molar-refractivity contribution >= 4 is 16.9 Å². The van der Waals surface area contributed by atoms with Gasteiger partial charge in [-0.05, 0) is 12.1 Å². The van der Waals surface area contributed by atoms with Gasteiger partial charge in [0.1, 0.15) is 5.56 Å². The molecule has 0 radical (unpaired) electrons. The van der Waals surface area contributed by atoms with Crippen molar-refractivity contribution in [1.29, 1.82) is 0 Å². The molecule has 0 unspecified atom stereocenters. The van der Waals surface area contributed by atoms with E-state index in [1.807, 2.05) is 0 Å². The Labute approximate surface area is 121 Å². The molecule has 3 rings (SSSR count). The van der Waals surface area contributed by atoms with E-state index in [0.29, 0.717) is 5.39 Å². The number of rotatable bonds is 2. The van der Waals surface area contributed by atoms with Crippen molar-refractivity contribution in [3.8, 4) is 11.5 Å². The third-order valence-electron chi connectivity index (χ3n) is 3.40. The maximum Gasteiger partial charge on any atom is 0.418 e. The first-order valence-electron chi connectivity index (χ1n) is 6.14. The number of hydrogen-bond acceptors (Lipinski definition) is 3. The number of nitrogens with zero attached hydrogens (tertiary/aromatic N) is 2. The van der Waals surface area contributed by atoms with E-state index in [9.17, 15) is 18.0 Å². The first-order valence-corrected chi connectivity index (χ1v) is 6.14. The van der Waals surface area contributed by atoms with Crippen LogP contribution in [0.3, 0.4) is 0 Å². The standard InChI is InChI=1S/C14H9F3N2O3/c1-19-10(12-8(13(20)21)6-18-22-12)5-7-3-2-4-9(11(7)19)14(15,16)17/h2-6H,1H3,(H,20,21). The van der Waals surface area contributed by atoms with Crippen molar-refractivity contribution in [1.82, 2.24) is 9.72 Å². The number of hydrogen-bond donors (Lipinski definition) is 1. The van der Waals surface area contributed by atoms with Gasteiger partial charge in [0.25, 0.3) is 0 Å². The number of aryl methyl sites for hydroxylation is 1. The molecular formula is C14H9F3N2O3. The highest BCUT2D eigenvalue weighted by molar-refractivity contribution is 5.96. The second kappa shape index (κ2) is 4.62. The fraction of sp³-hybridized carbons (Fsp3) is 0.143. The number of para-hydroxylation sites is 1. The van der Waals surface area contributed by atoms with Gasteiger partial charge in [0.2, 0.25) is 0 Å². The summed E-state index contributed by atoms with van der Waals surface area (Å²) in [5, 5.41) is 12.8. The monoisotopic (exact) mass is 310 g/mol. The molecule has 5 nitrogen and oxygen atoms in total. The SMILES string of the molecule is Cn1c(-c2oncc2C(=O)O)cc2cccc(C(F)(F)F)c21. The molecule has 0 aliphatic rings. The number of aromatic nitrogens is 2. The lowest BCUT2D eigenvalue weighted by Crippen LogP contribution is -2.08. The third kappa shape index (κ3) is 2.03. The average Bonchev–Trinajstić information content (AvgIpc) is 3.02. The van der Waals surface area contributed by atoms with Gasteiger partial charge in [-0.15, -0.1) is 0 Å². The molecule has 0 aliphatic heterocycles. The zero-order valence-corrected chi connectivity index (χ0v) is 11.2. The summed E-state index contributed by atoms with van der Waals surface area (Å²) in [6.07, 6.45) is -3.50. The van der Waals surface area contributed by atoms with Gasteiger partial charge in [0.15, 0.2) is 5.76 Å². The number of alkyl halides is 3. The number of halogens is 3. The van der Waals surface area contributed by atoms with E-state index in [4.69, 9.17) is 9.63 Å². The minimum absolute atomic E-state index is 0.0438. The minimum atomic E-state index is -4.51. The summed E-state index contributed by atoms with van der Waals surface area (Å²) in [5.74, 6) is -1.35. The second-order valence-corrected chi connectivity index (χ2v) is 4.70. The predicted molar refractivity (Wildman–Crippen MR) is 70.4 cm³/mol. The first kappa shape index (κ1) is 14.2. The van der Waals surface area contributed by atoms with Gasteiger partial charge in [0.05, 0.1) is 23.0 Å². The van der Waals surface area contributed by atoms with Crippen LogP contribution < -0.4 is 0 Å². The normalized spacial score (nSPS) is 12.0. The molecule has 8 heteroatoms. The van der Waals surface area contributed by atoms with Gasteiger partial charge >= 0.3 is 12.1 Å². The highest BCUT2D eigenvalue weighted by atomic mass is 19.4. The summed E-state index contributed by atoms with van der Waals surface area (Å²) in [6, 6.07) is 5.24. The smallest absolute Gasteiger partial charge is 0.418 e. The van der Waals surface area contributed by atoms with Gasteiger partial charge in [-0.1, -0.05) is 17.3 Å². The Balaban J connectivity index is 2.32. The molecule has 22 heavy (non-hydrogen) atoms. The van der Waals surface area contributed by atoms with Gasteiger partial charge in [-0.25, -0.2) is 4.79 Å². The van der Waals surface area contributed by atoms with Gasteiger partial charge < -0.3 is 14.2 Å². The van der Waals surface area contributed by atoms with Crippen LogP contribution in [0.2, 0.25) is 0 Å². The molecule has 0 bridgehead atoms. The molecule has 0 saturated heterocycles. The summed E-state index contributed by atoms with van der Waals surface area (Å²) in [7, 11) is 1.42. The molecule has 0 spiro atoms. The topological polar surface area (TPSA) is 68.3 Å². The van der Waals surface area contributed by atoms with E-state index >= 15 is 0 Å². The molecular weight excluding hydrogens is 301 g/mol. The fourth-order valence-corrected chi connectivity index (χ4v) is 2.44. The zero-order valence-electron chi connectivity index (χ0n) is 11.2. The van der Waals surface area contributed by atoms with Crippen LogP contribution in [0.25, 0.3) is 22.4 Å². The van der Waals surface area contributed by atoms with Crippen LogP contribution in [-0.2, 0) is 13.2 Å². The van der Waals surface area contributed by atoms with E-state index in [1.165, 1.54) is 29.8 Å². The van der Waals surface area contributed by atoms with Crippen molar-refractivity contribution in [3.63, 3.8) is 0 Å². The Bertz CT molecular complexity index is 877. The van der Waals surface area contributed by atoms with E-state index in [-0.39, 0.29) is 22.5 Å². The molecule has 1 aromatic carbocycles. The summed E-state index contributed by atoms with van der Waals surface area (Å²) < 4.78 is 45.5. The van der Waals surface area contributed by atoms with Crippen LogP contribution in [0.15, 0.2) is 35.0 Å². The second-order valence-electron chi connectivity index (χ2n) is 4.70. The fourth-order valence-electron chi connectivity index (χ4n) is 2.44. The van der Waals surface area contributed by atoms with Crippen molar-refractivity contribution in [3.05, 3.63) is 41.6 Å². The lowest BCUT2D eigenvalue weighted by atomic mass is 10.1. The van der Waals surface area contributed by atoms with Crippen LogP contribution in [0.4, 0.5) is 13.2 Å². The van der Waals surface area contributed by atoms with Crippen LogP contribution in [0.1, 0.15) is 15.9 Å². The molecule has 0 fully saturated rings. The third-order valence-corrected chi connectivity index (χ3v) is 3.40. The van der Waals surface area contributed by atoms with Crippen molar-refractivity contribution in [2.45, 2.75) is 6.18 Å². The molecule has 1 N–H and O–H groups in total. The highest BCUT2D eigenvalue weighted by Gasteiger charge is 2.34. The van der Waals surface area contributed by atoms with Gasteiger partial charge in [-0.3, -0.25) is 0 Å². The Morgan fingerprint density at radius 1 is 1.36 bits per heavy atom. The van der Waals surface area contributed by atoms with Crippen LogP contribution in [-0.4, -0.2) is 20.8 Å². The number of carboxylic acid groups (broad SMARTS) is 1. The Morgan fingerprint density at radius 2 is 2.09 bits per heavy atom. The summed E-state index contributed by atoms with van der Waals surface area (Å²) >= 11 is 0. The number of benzene rings is 1. The Kier molecular flexibility index (Phi) is 2.98. The maximum absolute atomic E-state index is 13.1. The molecule has 2 aromatic heterocycles. The Morgan fingerprint density at radius 3 is 2.73 bits per heavy atom. The molecule has 0 amide bonds. The lowest BCUT2D eigenvalue weighted by Gasteiger charge is -2.10. The minimum Gasteiger partial charge on any atom is -0.477 e. The number of carbonyl (C=O) groups is 1. The van der Waals surface area contributed by atoms with E-state index in [0.717, 1.165) is 12.3 Å². The Hall–Kier alpha value is -2.77. The van der Waals surface area contributed by atoms with E-state index in [1.54, 1.807) is 0 Å². The lowest BCUT2D eigenvalue weighted by molar-refractivity contribution is -0.136. The van der Waals surface area contributed by atoms with E-state index < -0.39 is 17.7 Å². The van der Waals surface area contributed by atoms with Crippen LogP contribution in [0, 0.1) is 0 Å². The van der Waals surface area contributed by atoms with Crippen molar-refractivity contribution in [2.24, 2.45) is 7.05 Å². The van der Waals surface area contributed by atoms with Gasteiger partial charge in [-0.2, -0.15) is 13.2 Å². The zero-order chi connectivity index (χ0) is 16.1. The highest BCUT2D eigenvalue weighted by Crippen LogP contribution is 2.38. The largest absolute Gasteiger partial charge is 0.477 e. The number of aromatic carboxylic acids is 1. The predicted octanol–water partition coefficient (Wildman–Crippen LogP) is 3.55. The average molecular weight is 310 g/mol. The quantitative estimate of drug-likeness (QED) is 0.786.